The third-order valence-corrected chi connectivity index (χ3v) is 3.39. The van der Waals surface area contributed by atoms with E-state index < -0.39 is 50.0 Å². The van der Waals surface area contributed by atoms with Crippen LogP contribution in [0.3, 0.4) is 0 Å². The van der Waals surface area contributed by atoms with Crippen LogP contribution >= 0.6 is 10.7 Å². The second kappa shape index (κ2) is 5.17. The maximum absolute atomic E-state index is 12.6. The van der Waals surface area contributed by atoms with Crippen molar-refractivity contribution in [3.05, 3.63) is 23.0 Å². The van der Waals surface area contributed by atoms with Gasteiger partial charge < -0.3 is 5.73 Å². The fourth-order valence-electron chi connectivity index (χ4n) is 1.29. The molecule has 0 aliphatic carbocycles. The van der Waals surface area contributed by atoms with E-state index >= 15 is 0 Å². The van der Waals surface area contributed by atoms with Crippen LogP contribution < -0.4 is 5.73 Å². The van der Waals surface area contributed by atoms with Gasteiger partial charge in [-0.1, -0.05) is 0 Å². The molecular weight excluding hydrogens is 319 g/mol. The van der Waals surface area contributed by atoms with Crippen molar-refractivity contribution in [2.45, 2.75) is 24.0 Å². The summed E-state index contributed by atoms with van der Waals surface area (Å²) in [6.07, 6.45) is -8.40. The van der Waals surface area contributed by atoms with E-state index in [0.717, 1.165) is 0 Å². The molecule has 0 unspecified atom stereocenters. The van der Waals surface area contributed by atoms with E-state index in [0.29, 0.717) is 0 Å². The first kappa shape index (κ1) is 16.1. The van der Waals surface area contributed by atoms with Crippen LogP contribution in [0, 0.1) is 0 Å². The lowest BCUT2D eigenvalue weighted by atomic mass is 10.1. The highest BCUT2D eigenvalue weighted by molar-refractivity contribution is 8.13. The van der Waals surface area contributed by atoms with Crippen LogP contribution in [0.5, 0.6) is 0 Å². The van der Waals surface area contributed by atoms with Gasteiger partial charge in [-0.2, -0.15) is 13.2 Å². The summed E-state index contributed by atoms with van der Waals surface area (Å²) in [4.78, 5) is 1.34. The van der Waals surface area contributed by atoms with E-state index in [2.05, 4.69) is 4.98 Å². The lowest BCUT2D eigenvalue weighted by molar-refractivity contribution is -0.143. The summed E-state index contributed by atoms with van der Waals surface area (Å²) in [5.74, 6) is 0. The molecule has 0 fully saturated rings. The summed E-state index contributed by atoms with van der Waals surface area (Å²) in [6, 6.07) is 0.144. The standard InChI is InChI=1S/C8H6ClF5N2O2S/c9-19(17,18)5-1-3(7(10)11)4(2-15)16-6(5)8(12,13)14/h1,7H,2,15H2. The third kappa shape index (κ3) is 3.51. The minimum absolute atomic E-state index is 0.144. The van der Waals surface area contributed by atoms with Gasteiger partial charge in [-0.3, -0.25) is 0 Å². The van der Waals surface area contributed by atoms with Gasteiger partial charge >= 0.3 is 6.18 Å². The molecule has 0 aliphatic heterocycles. The highest BCUT2D eigenvalue weighted by Gasteiger charge is 2.40. The van der Waals surface area contributed by atoms with Gasteiger partial charge in [-0.05, 0) is 6.07 Å². The summed E-state index contributed by atoms with van der Waals surface area (Å²) in [7, 11) is -0.0840. The predicted molar refractivity (Wildman–Crippen MR) is 55.1 cm³/mol. The number of hydrogen-bond donors (Lipinski definition) is 1. The molecule has 1 aromatic rings. The van der Waals surface area contributed by atoms with Crippen molar-refractivity contribution >= 4 is 19.7 Å². The molecule has 0 spiro atoms. The number of pyridine rings is 1. The number of halogens is 6. The molecule has 1 aromatic heterocycles. The maximum atomic E-state index is 12.6. The minimum atomic E-state index is -5.16. The van der Waals surface area contributed by atoms with E-state index in [1.165, 1.54) is 0 Å². The molecule has 4 nitrogen and oxygen atoms in total. The van der Waals surface area contributed by atoms with Crippen LogP contribution in [0.15, 0.2) is 11.0 Å². The zero-order valence-electron chi connectivity index (χ0n) is 8.88. The Labute approximate surface area is 108 Å². The molecule has 0 aliphatic rings. The zero-order valence-corrected chi connectivity index (χ0v) is 10.5. The quantitative estimate of drug-likeness (QED) is 0.684. The summed E-state index contributed by atoms with van der Waals surface area (Å²) < 4.78 is 85.1. The van der Waals surface area contributed by atoms with E-state index in [4.69, 9.17) is 16.4 Å². The van der Waals surface area contributed by atoms with Gasteiger partial charge in [0.1, 0.15) is 4.90 Å². The van der Waals surface area contributed by atoms with Gasteiger partial charge in [0.05, 0.1) is 5.69 Å². The van der Waals surface area contributed by atoms with Crippen molar-refractivity contribution in [1.29, 1.82) is 0 Å². The van der Waals surface area contributed by atoms with E-state index in [-0.39, 0.29) is 6.07 Å². The molecule has 0 aromatic carbocycles. The normalized spacial score (nSPS) is 13.1. The molecule has 108 valence electrons. The SMILES string of the molecule is NCc1nc(C(F)(F)F)c(S(=O)(=O)Cl)cc1C(F)F. The van der Waals surface area contributed by atoms with Crippen LogP contribution in [0.4, 0.5) is 22.0 Å². The molecule has 0 radical (unpaired) electrons. The Morgan fingerprint density at radius 1 is 1.37 bits per heavy atom. The van der Waals surface area contributed by atoms with E-state index in [1.807, 2.05) is 0 Å². The monoisotopic (exact) mass is 324 g/mol. The lowest BCUT2D eigenvalue weighted by Crippen LogP contribution is -2.18. The second-order valence-electron chi connectivity index (χ2n) is 3.31. The fourth-order valence-corrected chi connectivity index (χ4v) is 2.30. The van der Waals surface area contributed by atoms with Crippen molar-refractivity contribution in [3.63, 3.8) is 0 Å². The number of aromatic nitrogens is 1. The van der Waals surface area contributed by atoms with E-state index in [1.54, 1.807) is 0 Å². The smallest absolute Gasteiger partial charge is 0.325 e. The summed E-state index contributed by atoms with van der Waals surface area (Å²) >= 11 is 0. The highest BCUT2D eigenvalue weighted by Crippen LogP contribution is 2.36. The first-order chi connectivity index (χ1) is 8.48. The highest BCUT2D eigenvalue weighted by atomic mass is 35.7. The Morgan fingerprint density at radius 3 is 2.21 bits per heavy atom. The molecule has 11 heteroatoms. The summed E-state index contributed by atoms with van der Waals surface area (Å²) in [6.45, 7) is -0.703. The Bertz CT molecular complexity index is 588. The van der Waals surface area contributed by atoms with Crippen LogP contribution in [0.1, 0.15) is 23.4 Å². The number of nitrogens with zero attached hydrogens (tertiary/aromatic N) is 1. The Morgan fingerprint density at radius 2 is 1.89 bits per heavy atom. The average molecular weight is 325 g/mol. The average Bonchev–Trinajstić information content (AvgIpc) is 2.24. The van der Waals surface area contributed by atoms with Crippen LogP contribution in [-0.4, -0.2) is 13.4 Å². The van der Waals surface area contributed by atoms with Crippen molar-refractivity contribution in [2.75, 3.05) is 0 Å². The minimum Gasteiger partial charge on any atom is -0.325 e. The molecule has 0 atom stereocenters. The second-order valence-corrected chi connectivity index (χ2v) is 5.85. The van der Waals surface area contributed by atoms with Crippen molar-refractivity contribution in [1.82, 2.24) is 4.98 Å². The number of nitrogens with two attached hydrogens (primary N) is 1. The van der Waals surface area contributed by atoms with Crippen molar-refractivity contribution in [3.8, 4) is 0 Å². The number of hydrogen-bond acceptors (Lipinski definition) is 4. The molecule has 1 rings (SSSR count). The van der Waals surface area contributed by atoms with Crippen LogP contribution in [0.25, 0.3) is 0 Å². The third-order valence-electron chi connectivity index (χ3n) is 2.06. The molecule has 19 heavy (non-hydrogen) atoms. The van der Waals surface area contributed by atoms with Crippen LogP contribution in [0.2, 0.25) is 0 Å². The van der Waals surface area contributed by atoms with Gasteiger partial charge in [0.25, 0.3) is 15.5 Å². The van der Waals surface area contributed by atoms with Gasteiger partial charge in [-0.25, -0.2) is 22.2 Å². The zero-order chi connectivity index (χ0) is 15.0. The Balaban J connectivity index is 3.73. The Hall–Kier alpha value is -1.00. The lowest BCUT2D eigenvalue weighted by Gasteiger charge is -2.14. The maximum Gasteiger partial charge on any atom is 0.434 e. The molecule has 0 bridgehead atoms. The molecular formula is C8H6ClF5N2O2S. The van der Waals surface area contributed by atoms with Gasteiger partial charge in [-0.15, -0.1) is 0 Å². The predicted octanol–water partition coefficient (Wildman–Crippen LogP) is 2.42. The van der Waals surface area contributed by atoms with Crippen molar-refractivity contribution < 1.29 is 30.4 Å². The first-order valence-electron chi connectivity index (χ1n) is 4.52. The van der Waals surface area contributed by atoms with Gasteiger partial charge in [0.15, 0.2) is 5.69 Å². The molecule has 0 amide bonds. The van der Waals surface area contributed by atoms with Crippen molar-refractivity contribution in [2.24, 2.45) is 5.73 Å². The topological polar surface area (TPSA) is 73.0 Å². The van der Waals surface area contributed by atoms with Gasteiger partial charge in [0, 0.05) is 22.8 Å². The molecule has 2 N–H and O–H groups in total. The number of alkyl halides is 5. The summed E-state index contributed by atoms with van der Waals surface area (Å²) in [5, 5.41) is 0. The molecule has 0 saturated carbocycles. The fraction of sp³-hybridized carbons (Fsp3) is 0.375. The van der Waals surface area contributed by atoms with Crippen LogP contribution in [-0.2, 0) is 21.8 Å². The largest absolute Gasteiger partial charge is 0.434 e. The van der Waals surface area contributed by atoms with Gasteiger partial charge in [0.2, 0.25) is 0 Å². The van der Waals surface area contributed by atoms with E-state index in [9.17, 15) is 30.4 Å². The molecule has 0 saturated heterocycles. The Kier molecular flexibility index (Phi) is 4.37. The molecule has 1 heterocycles. The number of rotatable bonds is 3. The first-order valence-corrected chi connectivity index (χ1v) is 6.83. The summed E-state index contributed by atoms with van der Waals surface area (Å²) in [5.41, 5.74) is 1.40.